The number of ether oxygens (including phenoxy) is 2. The second kappa shape index (κ2) is 3.05. The molecule has 13 heavy (non-hydrogen) atoms. The van der Waals surface area contributed by atoms with E-state index in [1.54, 1.807) is 6.07 Å². The molecule has 0 amide bonds. The first-order chi connectivity index (χ1) is 6.12. The number of carbonyl (C=O) groups is 2. The smallest absolute Gasteiger partial charge is 0.327 e. The molecule has 5 nitrogen and oxygen atoms in total. The number of nitriles is 1. The molecule has 1 aliphatic carbocycles. The van der Waals surface area contributed by atoms with E-state index < -0.39 is 23.3 Å². The summed E-state index contributed by atoms with van der Waals surface area (Å²) in [6.45, 7) is 0. The van der Waals surface area contributed by atoms with Gasteiger partial charge in [0.1, 0.15) is 0 Å². The van der Waals surface area contributed by atoms with E-state index in [-0.39, 0.29) is 6.42 Å². The molecule has 0 aromatic rings. The maximum atomic E-state index is 11.1. The fourth-order valence-electron chi connectivity index (χ4n) is 1.27. The Labute approximate surface area is 75.2 Å². The van der Waals surface area contributed by atoms with Crippen molar-refractivity contribution in [2.75, 3.05) is 14.2 Å². The lowest BCUT2D eigenvalue weighted by Gasteiger charge is -2.03. The van der Waals surface area contributed by atoms with Gasteiger partial charge in [0.05, 0.1) is 26.2 Å². The normalized spacial score (nSPS) is 30.1. The van der Waals surface area contributed by atoms with E-state index in [0.717, 1.165) is 0 Å². The SMILES string of the molecule is COC(=O)[C@H]1C[C@]1(C#N)C(=O)OC. The Morgan fingerprint density at radius 3 is 2.46 bits per heavy atom. The van der Waals surface area contributed by atoms with Gasteiger partial charge in [-0.1, -0.05) is 0 Å². The van der Waals surface area contributed by atoms with Gasteiger partial charge in [-0.3, -0.25) is 9.59 Å². The number of hydrogen-bond donors (Lipinski definition) is 0. The van der Waals surface area contributed by atoms with Gasteiger partial charge >= 0.3 is 11.9 Å². The van der Waals surface area contributed by atoms with Gasteiger partial charge in [-0.25, -0.2) is 0 Å². The van der Waals surface area contributed by atoms with Crippen LogP contribution in [0.5, 0.6) is 0 Å². The lowest BCUT2D eigenvalue weighted by atomic mass is 10.1. The van der Waals surface area contributed by atoms with Crippen molar-refractivity contribution in [2.45, 2.75) is 6.42 Å². The minimum absolute atomic E-state index is 0.197. The highest BCUT2D eigenvalue weighted by molar-refractivity contribution is 5.93. The second-order valence-electron chi connectivity index (χ2n) is 2.85. The van der Waals surface area contributed by atoms with Crippen LogP contribution in [0.15, 0.2) is 0 Å². The highest BCUT2D eigenvalue weighted by Crippen LogP contribution is 2.53. The number of methoxy groups -OCH3 is 2. The molecular weight excluding hydrogens is 174 g/mol. The molecule has 0 aromatic heterocycles. The predicted molar refractivity (Wildman–Crippen MR) is 40.2 cm³/mol. The summed E-state index contributed by atoms with van der Waals surface area (Å²) in [5.74, 6) is -1.85. The summed E-state index contributed by atoms with van der Waals surface area (Å²) in [7, 11) is 2.41. The molecule has 5 heteroatoms. The van der Waals surface area contributed by atoms with Gasteiger partial charge in [0.15, 0.2) is 5.41 Å². The van der Waals surface area contributed by atoms with E-state index in [1.165, 1.54) is 14.2 Å². The minimum Gasteiger partial charge on any atom is -0.469 e. The third-order valence-corrected chi connectivity index (χ3v) is 2.20. The molecule has 0 radical (unpaired) electrons. The van der Waals surface area contributed by atoms with Crippen LogP contribution in [0.1, 0.15) is 6.42 Å². The molecule has 0 saturated heterocycles. The average Bonchev–Trinajstić information content (AvgIpc) is 2.91. The first-order valence-corrected chi connectivity index (χ1v) is 3.70. The highest BCUT2D eigenvalue weighted by Gasteiger charge is 2.66. The maximum Gasteiger partial charge on any atom is 0.327 e. The fraction of sp³-hybridized carbons (Fsp3) is 0.625. The molecule has 0 bridgehead atoms. The minimum atomic E-state index is -1.29. The van der Waals surface area contributed by atoms with E-state index in [2.05, 4.69) is 9.47 Å². The van der Waals surface area contributed by atoms with E-state index in [0.29, 0.717) is 0 Å². The van der Waals surface area contributed by atoms with Crippen LogP contribution in [0.25, 0.3) is 0 Å². The van der Waals surface area contributed by atoms with Gasteiger partial charge in [0.2, 0.25) is 0 Å². The predicted octanol–water partition coefficient (Wildman–Crippen LogP) is -0.138. The van der Waals surface area contributed by atoms with Crippen molar-refractivity contribution in [3.63, 3.8) is 0 Å². The topological polar surface area (TPSA) is 76.4 Å². The number of esters is 2. The van der Waals surface area contributed by atoms with Gasteiger partial charge in [-0.15, -0.1) is 0 Å². The standard InChI is InChI=1S/C8H9NO4/c1-12-6(10)5-3-8(5,4-9)7(11)13-2/h5H,3H2,1-2H3/t5-,8-/m1/s1. The summed E-state index contributed by atoms with van der Waals surface area (Å²) in [4.78, 5) is 22.1. The Morgan fingerprint density at radius 2 is 2.08 bits per heavy atom. The molecule has 0 N–H and O–H groups in total. The number of nitrogens with zero attached hydrogens (tertiary/aromatic N) is 1. The molecule has 1 saturated carbocycles. The Morgan fingerprint density at radius 1 is 1.46 bits per heavy atom. The van der Waals surface area contributed by atoms with Crippen molar-refractivity contribution in [3.8, 4) is 6.07 Å². The third kappa shape index (κ3) is 1.24. The average molecular weight is 183 g/mol. The quantitative estimate of drug-likeness (QED) is 0.557. The summed E-state index contributed by atoms with van der Waals surface area (Å²) in [6, 6.07) is 1.79. The zero-order valence-corrected chi connectivity index (χ0v) is 7.36. The number of hydrogen-bond acceptors (Lipinski definition) is 5. The molecule has 1 fully saturated rings. The van der Waals surface area contributed by atoms with Crippen LogP contribution in [0.3, 0.4) is 0 Å². The molecule has 70 valence electrons. The molecule has 0 unspecified atom stereocenters. The lowest BCUT2D eigenvalue weighted by Crippen LogP contribution is -2.21. The van der Waals surface area contributed by atoms with Gasteiger partial charge in [-0.2, -0.15) is 5.26 Å². The second-order valence-corrected chi connectivity index (χ2v) is 2.85. The first kappa shape index (κ1) is 9.52. The van der Waals surface area contributed by atoms with Crippen LogP contribution in [0, 0.1) is 22.7 Å². The summed E-state index contributed by atoms with van der Waals surface area (Å²) in [6.07, 6.45) is 0.197. The van der Waals surface area contributed by atoms with Crippen LogP contribution in [-0.2, 0) is 19.1 Å². The summed E-state index contributed by atoms with van der Waals surface area (Å²) in [5.41, 5.74) is -1.29. The molecular formula is C8H9NO4. The van der Waals surface area contributed by atoms with E-state index in [4.69, 9.17) is 5.26 Å². The lowest BCUT2D eigenvalue weighted by molar-refractivity contribution is -0.150. The van der Waals surface area contributed by atoms with E-state index >= 15 is 0 Å². The number of rotatable bonds is 2. The van der Waals surface area contributed by atoms with Crippen molar-refractivity contribution in [2.24, 2.45) is 11.3 Å². The van der Waals surface area contributed by atoms with Gasteiger partial charge in [0.25, 0.3) is 0 Å². The first-order valence-electron chi connectivity index (χ1n) is 3.70. The van der Waals surface area contributed by atoms with Crippen LogP contribution < -0.4 is 0 Å². The third-order valence-electron chi connectivity index (χ3n) is 2.20. The van der Waals surface area contributed by atoms with Crippen LogP contribution in [0.2, 0.25) is 0 Å². The summed E-state index contributed by atoms with van der Waals surface area (Å²) < 4.78 is 8.85. The Bertz CT molecular complexity index is 293. The largest absolute Gasteiger partial charge is 0.469 e. The molecule has 2 atom stereocenters. The monoisotopic (exact) mass is 183 g/mol. The molecule has 1 aliphatic rings. The maximum absolute atomic E-state index is 11.1. The molecule has 0 aliphatic heterocycles. The van der Waals surface area contributed by atoms with E-state index in [1.807, 2.05) is 0 Å². The summed E-state index contributed by atoms with van der Waals surface area (Å²) in [5, 5.41) is 8.71. The zero-order valence-electron chi connectivity index (χ0n) is 7.36. The zero-order chi connectivity index (χ0) is 10.1. The molecule has 0 spiro atoms. The number of carbonyl (C=O) groups excluding carboxylic acids is 2. The van der Waals surface area contributed by atoms with Gasteiger partial charge in [0, 0.05) is 0 Å². The van der Waals surface area contributed by atoms with Crippen molar-refractivity contribution in [1.29, 1.82) is 5.26 Å². The van der Waals surface area contributed by atoms with Gasteiger partial charge < -0.3 is 9.47 Å². The van der Waals surface area contributed by atoms with E-state index in [9.17, 15) is 9.59 Å². The van der Waals surface area contributed by atoms with Crippen molar-refractivity contribution >= 4 is 11.9 Å². The van der Waals surface area contributed by atoms with Crippen LogP contribution >= 0.6 is 0 Å². The Balaban J connectivity index is 2.76. The van der Waals surface area contributed by atoms with Crippen LogP contribution in [-0.4, -0.2) is 26.2 Å². The summed E-state index contributed by atoms with van der Waals surface area (Å²) >= 11 is 0. The molecule has 0 heterocycles. The van der Waals surface area contributed by atoms with Crippen molar-refractivity contribution in [1.82, 2.24) is 0 Å². The Hall–Kier alpha value is -1.57. The molecule has 1 rings (SSSR count). The highest BCUT2D eigenvalue weighted by atomic mass is 16.5. The van der Waals surface area contributed by atoms with Gasteiger partial charge in [-0.05, 0) is 6.42 Å². The van der Waals surface area contributed by atoms with Crippen molar-refractivity contribution < 1.29 is 19.1 Å². The fourth-order valence-corrected chi connectivity index (χ4v) is 1.27. The van der Waals surface area contributed by atoms with Crippen molar-refractivity contribution in [3.05, 3.63) is 0 Å². The molecule has 0 aromatic carbocycles. The van der Waals surface area contributed by atoms with Crippen LogP contribution in [0.4, 0.5) is 0 Å². The Kier molecular flexibility index (Phi) is 2.24.